The minimum atomic E-state index is 1.18. The number of fused-ring (bicyclic) bond motifs is 1. The minimum Gasteiger partial charge on any atom is -0.241 e. The van der Waals surface area contributed by atoms with Crippen molar-refractivity contribution in [3.05, 3.63) is 36.2 Å². The molecule has 0 unspecified atom stereocenters. The molecule has 0 amide bonds. The van der Waals surface area contributed by atoms with E-state index in [0.717, 1.165) is 0 Å². The summed E-state index contributed by atoms with van der Waals surface area (Å²) in [5, 5.41) is 4.13. The Balaban J connectivity index is 0.000000342. The van der Waals surface area contributed by atoms with Gasteiger partial charge < -0.3 is 0 Å². The van der Waals surface area contributed by atoms with Crippen LogP contribution in [0.1, 0.15) is 39.7 Å². The number of aryl methyl sites for hydroxylation is 1. The van der Waals surface area contributed by atoms with Crippen LogP contribution < -0.4 is 0 Å². The summed E-state index contributed by atoms with van der Waals surface area (Å²) < 4.78 is 1.87. The SMILES string of the molecule is CC.CCC.Cc1cnn2ccccc12. The van der Waals surface area contributed by atoms with Gasteiger partial charge in [0.25, 0.3) is 0 Å². The Bertz CT molecular complexity index is 363. The first-order chi connectivity index (χ1) is 7.29. The highest BCUT2D eigenvalue weighted by Crippen LogP contribution is 2.06. The molecule has 0 aromatic carbocycles. The molecule has 2 heterocycles. The monoisotopic (exact) mass is 206 g/mol. The lowest BCUT2D eigenvalue weighted by Gasteiger charge is -1.89. The van der Waals surface area contributed by atoms with E-state index < -0.39 is 0 Å². The predicted octanol–water partition coefficient (Wildman–Crippen LogP) is 4.09. The molecule has 2 heteroatoms. The van der Waals surface area contributed by atoms with Crippen LogP contribution in [-0.4, -0.2) is 9.61 Å². The molecule has 0 aliphatic carbocycles. The van der Waals surface area contributed by atoms with E-state index in [0.29, 0.717) is 0 Å². The van der Waals surface area contributed by atoms with Gasteiger partial charge in [-0.1, -0.05) is 40.2 Å². The van der Waals surface area contributed by atoms with Gasteiger partial charge in [-0.3, -0.25) is 0 Å². The van der Waals surface area contributed by atoms with E-state index in [-0.39, 0.29) is 0 Å². The van der Waals surface area contributed by atoms with Gasteiger partial charge in [-0.15, -0.1) is 0 Å². The Morgan fingerprint density at radius 2 is 1.80 bits per heavy atom. The van der Waals surface area contributed by atoms with Crippen LogP contribution in [0.5, 0.6) is 0 Å². The van der Waals surface area contributed by atoms with Gasteiger partial charge in [-0.25, -0.2) is 4.52 Å². The standard InChI is InChI=1S/C8H8N2.C3H8.C2H6/c1-7-6-9-10-5-3-2-4-8(7)10;1-3-2;1-2/h2-6H,1H3;3H2,1-2H3;1-2H3. The number of nitrogens with zero attached hydrogens (tertiary/aromatic N) is 2. The first-order valence-electron chi connectivity index (χ1n) is 5.68. The predicted molar refractivity (Wildman–Crippen MR) is 67.2 cm³/mol. The van der Waals surface area contributed by atoms with Crippen molar-refractivity contribution in [3.8, 4) is 0 Å². The van der Waals surface area contributed by atoms with Crippen molar-refractivity contribution in [1.82, 2.24) is 9.61 Å². The maximum Gasteiger partial charge on any atom is 0.0690 e. The van der Waals surface area contributed by atoms with Gasteiger partial charge in [0.15, 0.2) is 0 Å². The van der Waals surface area contributed by atoms with Gasteiger partial charge >= 0.3 is 0 Å². The molecule has 0 fully saturated rings. The molecule has 0 radical (unpaired) electrons. The van der Waals surface area contributed by atoms with Gasteiger partial charge in [0.1, 0.15) is 0 Å². The van der Waals surface area contributed by atoms with Crippen molar-refractivity contribution in [2.24, 2.45) is 0 Å². The number of aromatic nitrogens is 2. The van der Waals surface area contributed by atoms with Crippen molar-refractivity contribution in [2.75, 3.05) is 0 Å². The second kappa shape index (κ2) is 8.04. The molecule has 2 rings (SSSR count). The summed E-state index contributed by atoms with van der Waals surface area (Å²) in [6.45, 7) is 10.3. The number of hydrogen-bond acceptors (Lipinski definition) is 1. The fraction of sp³-hybridized carbons (Fsp3) is 0.462. The van der Waals surface area contributed by atoms with Gasteiger partial charge in [0, 0.05) is 6.20 Å². The first kappa shape index (κ1) is 13.7. The summed E-state index contributed by atoms with van der Waals surface area (Å²) in [5.41, 5.74) is 2.41. The van der Waals surface area contributed by atoms with E-state index in [2.05, 4.69) is 31.9 Å². The lowest BCUT2D eigenvalue weighted by atomic mass is 10.3. The first-order valence-corrected chi connectivity index (χ1v) is 5.68. The minimum absolute atomic E-state index is 1.18. The summed E-state index contributed by atoms with van der Waals surface area (Å²) in [7, 11) is 0. The van der Waals surface area contributed by atoms with E-state index >= 15 is 0 Å². The van der Waals surface area contributed by atoms with Crippen LogP contribution >= 0.6 is 0 Å². The second-order valence-corrected chi connectivity index (χ2v) is 3.07. The fourth-order valence-corrected chi connectivity index (χ4v) is 1.06. The van der Waals surface area contributed by atoms with Crippen LogP contribution in [0, 0.1) is 6.92 Å². The molecule has 0 saturated heterocycles. The summed E-state index contributed by atoms with van der Waals surface area (Å²) in [6.07, 6.45) is 5.07. The van der Waals surface area contributed by atoms with E-state index in [1.54, 1.807) is 0 Å². The zero-order chi connectivity index (χ0) is 11.7. The summed E-state index contributed by atoms with van der Waals surface area (Å²) in [4.78, 5) is 0. The number of rotatable bonds is 0. The zero-order valence-electron chi connectivity index (χ0n) is 10.5. The molecule has 2 aromatic heterocycles. The van der Waals surface area contributed by atoms with Gasteiger partial charge in [-0.2, -0.15) is 5.10 Å². The van der Waals surface area contributed by atoms with Crippen molar-refractivity contribution >= 4 is 5.52 Å². The second-order valence-electron chi connectivity index (χ2n) is 3.07. The Morgan fingerprint density at radius 3 is 2.33 bits per heavy atom. The molecule has 2 nitrogen and oxygen atoms in total. The lowest BCUT2D eigenvalue weighted by Crippen LogP contribution is -1.82. The van der Waals surface area contributed by atoms with Crippen LogP contribution in [0.15, 0.2) is 30.6 Å². The Hall–Kier alpha value is -1.31. The lowest BCUT2D eigenvalue weighted by molar-refractivity contribution is 0.961. The normalized spacial score (nSPS) is 8.60. The fourth-order valence-electron chi connectivity index (χ4n) is 1.06. The largest absolute Gasteiger partial charge is 0.241 e. The van der Waals surface area contributed by atoms with E-state index in [1.165, 1.54) is 17.5 Å². The molecule has 84 valence electrons. The quantitative estimate of drug-likeness (QED) is 0.634. The third kappa shape index (κ3) is 4.15. The smallest absolute Gasteiger partial charge is 0.0690 e. The van der Waals surface area contributed by atoms with Crippen LogP contribution in [0.4, 0.5) is 0 Å². The van der Waals surface area contributed by atoms with Gasteiger partial charge in [0.2, 0.25) is 0 Å². The zero-order valence-corrected chi connectivity index (χ0v) is 10.5. The maximum absolute atomic E-state index is 4.13. The van der Waals surface area contributed by atoms with Crippen LogP contribution in [0.25, 0.3) is 5.52 Å². The molecule has 0 N–H and O–H groups in total. The third-order valence-electron chi connectivity index (χ3n) is 1.62. The Morgan fingerprint density at radius 1 is 1.20 bits per heavy atom. The highest BCUT2D eigenvalue weighted by molar-refractivity contribution is 5.52. The molecule has 0 bridgehead atoms. The number of hydrogen-bond donors (Lipinski definition) is 0. The molecule has 0 spiro atoms. The van der Waals surface area contributed by atoms with Gasteiger partial charge in [-0.05, 0) is 24.6 Å². The summed E-state index contributed by atoms with van der Waals surface area (Å²) in [5.74, 6) is 0. The Kier molecular flexibility index (Phi) is 7.33. The van der Waals surface area contributed by atoms with Crippen molar-refractivity contribution in [1.29, 1.82) is 0 Å². The molecular weight excluding hydrogens is 184 g/mol. The molecule has 0 aliphatic rings. The molecule has 2 aromatic rings. The molecule has 15 heavy (non-hydrogen) atoms. The molecule has 0 saturated carbocycles. The molecule has 0 atom stereocenters. The van der Waals surface area contributed by atoms with E-state index in [1.807, 2.05) is 42.9 Å². The maximum atomic E-state index is 4.13. The highest BCUT2D eigenvalue weighted by Gasteiger charge is 1.94. The highest BCUT2D eigenvalue weighted by atomic mass is 15.2. The Labute approximate surface area is 92.9 Å². The van der Waals surface area contributed by atoms with Crippen LogP contribution in [0.3, 0.4) is 0 Å². The van der Waals surface area contributed by atoms with Crippen molar-refractivity contribution in [3.63, 3.8) is 0 Å². The van der Waals surface area contributed by atoms with Crippen LogP contribution in [-0.2, 0) is 0 Å². The average molecular weight is 206 g/mol. The average Bonchev–Trinajstić information content (AvgIpc) is 2.65. The molecular formula is C13H22N2. The third-order valence-corrected chi connectivity index (χ3v) is 1.62. The number of pyridine rings is 1. The van der Waals surface area contributed by atoms with Crippen molar-refractivity contribution < 1.29 is 0 Å². The van der Waals surface area contributed by atoms with Crippen molar-refractivity contribution in [2.45, 2.75) is 41.0 Å². The van der Waals surface area contributed by atoms with E-state index in [9.17, 15) is 0 Å². The molecule has 0 aliphatic heterocycles. The summed E-state index contributed by atoms with van der Waals surface area (Å²) >= 11 is 0. The van der Waals surface area contributed by atoms with Crippen LogP contribution in [0.2, 0.25) is 0 Å². The van der Waals surface area contributed by atoms with E-state index in [4.69, 9.17) is 0 Å². The van der Waals surface area contributed by atoms with Gasteiger partial charge in [0.05, 0.1) is 11.7 Å². The summed E-state index contributed by atoms with van der Waals surface area (Å²) in [6, 6.07) is 6.05. The topological polar surface area (TPSA) is 17.3 Å².